The summed E-state index contributed by atoms with van der Waals surface area (Å²) in [6.07, 6.45) is 0. The number of likely N-dealkylation sites (N-methyl/N-ethyl adjacent to an activating group) is 1. The fourth-order valence-electron chi connectivity index (χ4n) is 3.52. The third-order valence-corrected chi connectivity index (χ3v) is 5.02. The third kappa shape index (κ3) is 4.34. The van der Waals surface area contributed by atoms with Gasteiger partial charge in [-0.25, -0.2) is 0 Å². The maximum absolute atomic E-state index is 12.9. The number of carbonyl (C=O) groups excluding carboxylic acids is 2. The molecule has 2 aromatic carbocycles. The standard InChI is InChI=1S/C23H25N5O2/c1-16-9-11-17(12-10-16)25-22(30)15-26(2)14-21(29)18(13-24)23-27(3)19-7-5-6-8-20(19)28(23)4/h5-12H,14-15H2,1-4H3,(H,25,30). The summed E-state index contributed by atoms with van der Waals surface area (Å²) in [5.74, 6) is -0.00586. The van der Waals surface area contributed by atoms with Crippen molar-refractivity contribution in [1.82, 2.24) is 4.90 Å². The van der Waals surface area contributed by atoms with Crippen LogP contribution in [0.15, 0.2) is 59.9 Å². The van der Waals surface area contributed by atoms with Crippen molar-refractivity contribution < 1.29 is 9.59 Å². The number of carbonyl (C=O) groups is 2. The van der Waals surface area contributed by atoms with E-state index in [0.29, 0.717) is 11.5 Å². The second kappa shape index (κ2) is 8.80. The number of benzene rings is 2. The third-order valence-electron chi connectivity index (χ3n) is 5.02. The molecule has 0 aliphatic carbocycles. The number of fused-ring (bicyclic) bond motifs is 1. The van der Waals surface area contributed by atoms with Gasteiger partial charge in [0.25, 0.3) is 0 Å². The van der Waals surface area contributed by atoms with Crippen molar-refractivity contribution in [3.63, 3.8) is 0 Å². The van der Waals surface area contributed by atoms with Crippen LogP contribution >= 0.6 is 0 Å². The Hall–Kier alpha value is -3.63. The molecule has 1 heterocycles. The molecule has 7 heteroatoms. The Bertz CT molecular complexity index is 1010. The number of para-hydroxylation sites is 2. The Morgan fingerprint density at radius 3 is 2.10 bits per heavy atom. The van der Waals surface area contributed by atoms with Crippen LogP contribution in [0.2, 0.25) is 0 Å². The minimum atomic E-state index is -0.329. The lowest BCUT2D eigenvalue weighted by molar-refractivity contribution is -0.119. The lowest BCUT2D eigenvalue weighted by atomic mass is 10.1. The highest BCUT2D eigenvalue weighted by atomic mass is 16.2. The number of anilines is 3. The summed E-state index contributed by atoms with van der Waals surface area (Å²) in [7, 11) is 5.35. The summed E-state index contributed by atoms with van der Waals surface area (Å²) < 4.78 is 0. The smallest absolute Gasteiger partial charge is 0.238 e. The van der Waals surface area contributed by atoms with Crippen LogP contribution < -0.4 is 15.1 Å². The molecule has 0 atom stereocenters. The molecular formula is C23H25N5O2. The highest BCUT2D eigenvalue weighted by molar-refractivity contribution is 6.04. The number of Topliss-reactive ketones (excluding diaryl/α,β-unsaturated/α-hetero) is 1. The number of nitrogens with one attached hydrogen (secondary N) is 1. The molecule has 0 saturated heterocycles. The first-order chi connectivity index (χ1) is 14.3. The van der Waals surface area contributed by atoms with Crippen LogP contribution in [-0.4, -0.2) is 50.8 Å². The molecule has 30 heavy (non-hydrogen) atoms. The average Bonchev–Trinajstić information content (AvgIpc) is 2.96. The average molecular weight is 403 g/mol. The summed E-state index contributed by atoms with van der Waals surface area (Å²) in [6, 6.07) is 17.3. The van der Waals surface area contributed by atoms with Crippen LogP contribution in [0.4, 0.5) is 17.1 Å². The van der Waals surface area contributed by atoms with E-state index >= 15 is 0 Å². The first kappa shape index (κ1) is 21.1. The van der Waals surface area contributed by atoms with Crippen molar-refractivity contribution in [2.45, 2.75) is 6.92 Å². The van der Waals surface area contributed by atoms with Crippen LogP contribution in [0.5, 0.6) is 0 Å². The molecule has 0 bridgehead atoms. The maximum atomic E-state index is 12.9. The number of hydrogen-bond acceptors (Lipinski definition) is 6. The number of rotatable bonds is 6. The van der Waals surface area contributed by atoms with Gasteiger partial charge in [0, 0.05) is 19.8 Å². The number of ketones is 1. The van der Waals surface area contributed by atoms with Gasteiger partial charge in [0.05, 0.1) is 24.5 Å². The van der Waals surface area contributed by atoms with Crippen molar-refractivity contribution in [2.75, 3.05) is 49.3 Å². The van der Waals surface area contributed by atoms with Crippen LogP contribution in [0.25, 0.3) is 0 Å². The molecule has 1 N–H and O–H groups in total. The molecule has 2 aromatic rings. The number of nitriles is 1. The molecule has 1 amide bonds. The molecule has 0 unspecified atom stereocenters. The SMILES string of the molecule is Cc1ccc(NC(=O)CN(C)CC(=O)C(C#N)=C2N(C)c3ccccc3N2C)cc1. The predicted molar refractivity (Wildman–Crippen MR) is 118 cm³/mol. The first-order valence-electron chi connectivity index (χ1n) is 9.61. The van der Waals surface area contributed by atoms with Crippen LogP contribution in [0.1, 0.15) is 5.56 Å². The van der Waals surface area contributed by atoms with E-state index in [9.17, 15) is 14.9 Å². The minimum Gasteiger partial charge on any atom is -0.328 e. The van der Waals surface area contributed by atoms with E-state index in [-0.39, 0.29) is 30.4 Å². The lowest BCUT2D eigenvalue weighted by Crippen LogP contribution is -2.35. The molecule has 1 aliphatic rings. The van der Waals surface area contributed by atoms with E-state index in [1.165, 1.54) is 0 Å². The van der Waals surface area contributed by atoms with E-state index in [1.54, 1.807) is 11.9 Å². The fraction of sp³-hybridized carbons (Fsp3) is 0.261. The number of amides is 1. The summed E-state index contributed by atoms with van der Waals surface area (Å²) in [5, 5.41) is 12.5. The molecule has 7 nitrogen and oxygen atoms in total. The second-order valence-corrected chi connectivity index (χ2v) is 7.43. The van der Waals surface area contributed by atoms with Gasteiger partial charge in [-0.3, -0.25) is 14.5 Å². The van der Waals surface area contributed by atoms with Crippen LogP contribution in [0, 0.1) is 18.3 Å². The van der Waals surface area contributed by atoms with E-state index < -0.39 is 0 Å². The molecule has 0 fully saturated rings. The van der Waals surface area contributed by atoms with E-state index in [1.807, 2.05) is 79.3 Å². The van der Waals surface area contributed by atoms with Gasteiger partial charge in [0.15, 0.2) is 5.78 Å². The predicted octanol–water partition coefficient (Wildman–Crippen LogP) is 2.76. The van der Waals surface area contributed by atoms with Crippen LogP contribution in [0.3, 0.4) is 0 Å². The summed E-state index contributed by atoms with van der Waals surface area (Å²) in [6.45, 7) is 1.98. The monoisotopic (exact) mass is 403 g/mol. The zero-order valence-corrected chi connectivity index (χ0v) is 17.6. The number of hydrogen-bond donors (Lipinski definition) is 1. The molecular weight excluding hydrogens is 378 g/mol. The number of nitrogens with zero attached hydrogens (tertiary/aromatic N) is 4. The van der Waals surface area contributed by atoms with Gasteiger partial charge < -0.3 is 15.1 Å². The lowest BCUT2D eigenvalue weighted by Gasteiger charge is -2.21. The first-order valence-corrected chi connectivity index (χ1v) is 9.61. The van der Waals surface area contributed by atoms with Gasteiger partial charge in [-0.05, 0) is 38.2 Å². The van der Waals surface area contributed by atoms with Gasteiger partial charge in [-0.15, -0.1) is 0 Å². The highest BCUT2D eigenvalue weighted by Crippen LogP contribution is 2.40. The minimum absolute atomic E-state index is 0.0360. The topological polar surface area (TPSA) is 79.7 Å². The molecule has 0 saturated carbocycles. The van der Waals surface area contributed by atoms with Gasteiger partial charge in [0.1, 0.15) is 17.5 Å². The van der Waals surface area contributed by atoms with Gasteiger partial charge in [-0.1, -0.05) is 29.8 Å². The molecule has 0 spiro atoms. The van der Waals surface area contributed by atoms with E-state index in [0.717, 1.165) is 16.9 Å². The maximum Gasteiger partial charge on any atom is 0.238 e. The Morgan fingerprint density at radius 1 is 1.00 bits per heavy atom. The normalized spacial score (nSPS) is 12.6. The van der Waals surface area contributed by atoms with Crippen molar-refractivity contribution in [2.24, 2.45) is 0 Å². The van der Waals surface area contributed by atoms with Crippen molar-refractivity contribution in [3.8, 4) is 6.07 Å². The largest absolute Gasteiger partial charge is 0.328 e. The summed E-state index contributed by atoms with van der Waals surface area (Å²) >= 11 is 0. The Morgan fingerprint density at radius 2 is 1.57 bits per heavy atom. The van der Waals surface area contributed by atoms with Crippen LogP contribution in [-0.2, 0) is 9.59 Å². The van der Waals surface area contributed by atoms with E-state index in [4.69, 9.17) is 0 Å². The van der Waals surface area contributed by atoms with Gasteiger partial charge in [0.2, 0.25) is 5.91 Å². The Balaban J connectivity index is 1.68. The summed E-state index contributed by atoms with van der Waals surface area (Å²) in [4.78, 5) is 30.5. The summed E-state index contributed by atoms with van der Waals surface area (Å²) in [5.41, 5.74) is 3.75. The molecule has 0 aromatic heterocycles. The Labute approximate surface area is 176 Å². The molecule has 0 radical (unpaired) electrons. The number of aryl methyl sites for hydroxylation is 1. The quantitative estimate of drug-likeness (QED) is 0.590. The van der Waals surface area contributed by atoms with Crippen molar-refractivity contribution in [3.05, 3.63) is 65.5 Å². The van der Waals surface area contributed by atoms with E-state index in [2.05, 4.69) is 11.4 Å². The van der Waals surface area contributed by atoms with Gasteiger partial charge in [-0.2, -0.15) is 5.26 Å². The second-order valence-electron chi connectivity index (χ2n) is 7.43. The fourth-order valence-corrected chi connectivity index (χ4v) is 3.52. The molecule has 3 rings (SSSR count). The Kier molecular flexibility index (Phi) is 6.19. The molecule has 1 aliphatic heterocycles. The zero-order valence-electron chi connectivity index (χ0n) is 17.6. The van der Waals surface area contributed by atoms with Gasteiger partial charge >= 0.3 is 0 Å². The van der Waals surface area contributed by atoms with Crippen molar-refractivity contribution in [1.29, 1.82) is 5.26 Å². The zero-order chi connectivity index (χ0) is 21.8. The van der Waals surface area contributed by atoms with Crippen molar-refractivity contribution >= 4 is 28.8 Å². The molecule has 154 valence electrons. The highest BCUT2D eigenvalue weighted by Gasteiger charge is 2.31.